The Hall–Kier alpha value is -1.51. The van der Waals surface area contributed by atoms with Gasteiger partial charge in [0, 0.05) is 24.7 Å². The van der Waals surface area contributed by atoms with Crippen molar-refractivity contribution in [1.82, 2.24) is 5.32 Å². The minimum Gasteiger partial charge on any atom is -0.384 e. The highest BCUT2D eigenvalue weighted by Crippen LogP contribution is 2.24. The number of amides is 1. The van der Waals surface area contributed by atoms with Gasteiger partial charge in [-0.1, -0.05) is 12.1 Å². The number of benzene rings is 1. The van der Waals surface area contributed by atoms with Gasteiger partial charge in [-0.3, -0.25) is 4.79 Å². The fourth-order valence-corrected chi connectivity index (χ4v) is 2.60. The molecule has 0 atom stereocenters. The van der Waals surface area contributed by atoms with E-state index in [1.807, 2.05) is 0 Å². The number of carbonyl (C=O) groups is 1. The van der Waals surface area contributed by atoms with Crippen molar-refractivity contribution in [1.29, 1.82) is 0 Å². The van der Waals surface area contributed by atoms with Gasteiger partial charge in [0.15, 0.2) is 0 Å². The molecule has 1 heterocycles. The lowest BCUT2D eigenvalue weighted by molar-refractivity contribution is -0.122. The number of aryl methyl sites for hydroxylation is 1. The van der Waals surface area contributed by atoms with Crippen LogP contribution >= 0.6 is 0 Å². The normalized spacial score (nSPS) is 17.8. The van der Waals surface area contributed by atoms with E-state index < -0.39 is 0 Å². The van der Waals surface area contributed by atoms with Crippen molar-refractivity contribution >= 4 is 11.6 Å². The van der Waals surface area contributed by atoms with Crippen LogP contribution in [0.3, 0.4) is 0 Å². The fraction of sp³-hybridized carbons (Fsp3) is 0.533. The average molecular weight is 244 g/mol. The molecule has 2 aliphatic rings. The Morgan fingerprint density at radius 1 is 1.39 bits per heavy atom. The van der Waals surface area contributed by atoms with Crippen LogP contribution in [0.1, 0.15) is 36.8 Å². The maximum absolute atomic E-state index is 11.7. The predicted molar refractivity (Wildman–Crippen MR) is 72.7 cm³/mol. The molecule has 0 radical (unpaired) electrons. The van der Waals surface area contributed by atoms with Crippen LogP contribution in [0.5, 0.6) is 0 Å². The number of carbonyl (C=O) groups excluding carboxylic acids is 1. The zero-order valence-electron chi connectivity index (χ0n) is 10.7. The molecule has 3 rings (SSSR count). The smallest absolute Gasteiger partial charge is 0.220 e. The fourth-order valence-electron chi connectivity index (χ4n) is 2.60. The Morgan fingerprint density at radius 3 is 3.06 bits per heavy atom. The van der Waals surface area contributed by atoms with E-state index in [-0.39, 0.29) is 5.91 Å². The minimum atomic E-state index is 0.202. The van der Waals surface area contributed by atoms with Crippen LogP contribution in [0.4, 0.5) is 5.69 Å². The molecule has 1 amide bonds. The van der Waals surface area contributed by atoms with Crippen LogP contribution < -0.4 is 10.6 Å². The molecule has 18 heavy (non-hydrogen) atoms. The summed E-state index contributed by atoms with van der Waals surface area (Å²) in [6.07, 6.45) is 6.16. The van der Waals surface area contributed by atoms with Gasteiger partial charge in [0.05, 0.1) is 0 Å². The van der Waals surface area contributed by atoms with Gasteiger partial charge in [0.2, 0.25) is 5.91 Å². The molecule has 1 aromatic rings. The van der Waals surface area contributed by atoms with Crippen molar-refractivity contribution in [3.8, 4) is 0 Å². The van der Waals surface area contributed by atoms with Gasteiger partial charge >= 0.3 is 0 Å². The summed E-state index contributed by atoms with van der Waals surface area (Å²) >= 11 is 0. The van der Waals surface area contributed by atoms with Crippen LogP contribution in [0.2, 0.25) is 0 Å². The predicted octanol–water partition coefficient (Wildman–Crippen LogP) is 2.26. The number of nitrogens with one attached hydrogen (secondary N) is 2. The van der Waals surface area contributed by atoms with Crippen molar-refractivity contribution in [3.05, 3.63) is 29.3 Å². The Labute approximate surface area is 108 Å². The Bertz CT molecular complexity index is 452. The summed E-state index contributed by atoms with van der Waals surface area (Å²) in [5.74, 6) is 0.202. The van der Waals surface area contributed by atoms with E-state index >= 15 is 0 Å². The SMILES string of the molecule is O=C(CCc1ccc2c(c1)NCC2)NC1CCC1. The van der Waals surface area contributed by atoms with Crippen molar-refractivity contribution < 1.29 is 4.79 Å². The van der Waals surface area contributed by atoms with E-state index in [4.69, 9.17) is 0 Å². The van der Waals surface area contributed by atoms with Crippen LogP contribution in [0.15, 0.2) is 18.2 Å². The lowest BCUT2D eigenvalue weighted by Crippen LogP contribution is -2.39. The first-order valence-electron chi connectivity index (χ1n) is 6.96. The molecule has 96 valence electrons. The van der Waals surface area contributed by atoms with Gasteiger partial charge in [-0.15, -0.1) is 0 Å². The first-order chi connectivity index (χ1) is 8.81. The highest BCUT2D eigenvalue weighted by molar-refractivity contribution is 5.76. The van der Waals surface area contributed by atoms with Gasteiger partial charge in [-0.2, -0.15) is 0 Å². The zero-order chi connectivity index (χ0) is 12.4. The van der Waals surface area contributed by atoms with Crippen molar-refractivity contribution in [3.63, 3.8) is 0 Å². The van der Waals surface area contributed by atoms with Gasteiger partial charge in [0.25, 0.3) is 0 Å². The van der Waals surface area contributed by atoms with E-state index in [1.54, 1.807) is 0 Å². The lowest BCUT2D eigenvalue weighted by Gasteiger charge is -2.26. The summed E-state index contributed by atoms with van der Waals surface area (Å²) in [7, 11) is 0. The first kappa shape index (κ1) is 11.6. The molecule has 0 aromatic heterocycles. The molecule has 1 aliphatic carbocycles. The summed E-state index contributed by atoms with van der Waals surface area (Å²) in [5.41, 5.74) is 3.91. The van der Waals surface area contributed by atoms with E-state index in [9.17, 15) is 4.79 Å². The molecule has 0 spiro atoms. The number of hydrogen-bond acceptors (Lipinski definition) is 2. The topological polar surface area (TPSA) is 41.1 Å². The summed E-state index contributed by atoms with van der Waals surface area (Å²) < 4.78 is 0. The molecule has 1 fully saturated rings. The summed E-state index contributed by atoms with van der Waals surface area (Å²) in [5, 5.41) is 6.46. The molecular weight excluding hydrogens is 224 g/mol. The second-order valence-corrected chi connectivity index (χ2v) is 5.36. The average Bonchev–Trinajstić information content (AvgIpc) is 2.78. The molecule has 0 unspecified atom stereocenters. The largest absolute Gasteiger partial charge is 0.384 e. The van der Waals surface area contributed by atoms with Gasteiger partial charge in [-0.25, -0.2) is 0 Å². The van der Waals surface area contributed by atoms with Gasteiger partial charge < -0.3 is 10.6 Å². The van der Waals surface area contributed by atoms with Gasteiger partial charge in [-0.05, 0) is 49.3 Å². The summed E-state index contributed by atoms with van der Waals surface area (Å²) in [6, 6.07) is 7.00. The monoisotopic (exact) mass is 244 g/mol. The highest BCUT2D eigenvalue weighted by Gasteiger charge is 2.19. The molecule has 0 bridgehead atoms. The summed E-state index contributed by atoms with van der Waals surface area (Å²) in [6.45, 7) is 1.04. The van der Waals surface area contributed by atoms with Crippen LogP contribution in [-0.4, -0.2) is 18.5 Å². The standard InChI is InChI=1S/C15H20N2O/c18-15(17-13-2-1-3-13)7-5-11-4-6-12-8-9-16-14(12)10-11/h4,6,10,13,16H,1-3,5,7-9H2,(H,17,18). The second-order valence-electron chi connectivity index (χ2n) is 5.36. The third kappa shape index (κ3) is 2.50. The zero-order valence-corrected chi connectivity index (χ0v) is 10.7. The molecule has 0 saturated heterocycles. The molecule has 3 nitrogen and oxygen atoms in total. The lowest BCUT2D eigenvalue weighted by atomic mass is 9.93. The van der Waals surface area contributed by atoms with E-state index in [0.717, 1.165) is 32.2 Å². The number of rotatable bonds is 4. The molecule has 1 saturated carbocycles. The molecule has 2 N–H and O–H groups in total. The quantitative estimate of drug-likeness (QED) is 0.853. The highest BCUT2D eigenvalue weighted by atomic mass is 16.1. The molecular formula is C15H20N2O. The van der Waals surface area contributed by atoms with E-state index in [0.29, 0.717) is 12.5 Å². The molecule has 3 heteroatoms. The van der Waals surface area contributed by atoms with Crippen LogP contribution in [0.25, 0.3) is 0 Å². The molecule has 1 aliphatic heterocycles. The minimum absolute atomic E-state index is 0.202. The Balaban J connectivity index is 1.51. The first-order valence-corrected chi connectivity index (χ1v) is 6.96. The third-order valence-electron chi connectivity index (χ3n) is 4.00. The van der Waals surface area contributed by atoms with Gasteiger partial charge in [0.1, 0.15) is 0 Å². The summed E-state index contributed by atoms with van der Waals surface area (Å²) in [4.78, 5) is 11.7. The second kappa shape index (κ2) is 5.01. The Morgan fingerprint density at radius 2 is 2.28 bits per heavy atom. The van der Waals surface area contributed by atoms with Crippen LogP contribution in [0, 0.1) is 0 Å². The van der Waals surface area contributed by atoms with Crippen molar-refractivity contribution in [2.75, 3.05) is 11.9 Å². The number of hydrogen-bond donors (Lipinski definition) is 2. The Kier molecular flexibility index (Phi) is 3.22. The maximum Gasteiger partial charge on any atom is 0.220 e. The van der Waals surface area contributed by atoms with E-state index in [1.165, 1.54) is 23.2 Å². The molecule has 1 aromatic carbocycles. The third-order valence-corrected chi connectivity index (χ3v) is 4.00. The van der Waals surface area contributed by atoms with E-state index in [2.05, 4.69) is 28.8 Å². The number of anilines is 1. The van der Waals surface area contributed by atoms with Crippen molar-refractivity contribution in [2.24, 2.45) is 0 Å². The number of fused-ring (bicyclic) bond motifs is 1. The van der Waals surface area contributed by atoms with Crippen LogP contribution in [-0.2, 0) is 17.6 Å². The van der Waals surface area contributed by atoms with Crippen molar-refractivity contribution in [2.45, 2.75) is 44.6 Å². The maximum atomic E-state index is 11.7.